The molecule has 0 heterocycles. The Labute approximate surface area is 83.5 Å². The van der Waals surface area contributed by atoms with E-state index in [0.717, 1.165) is 5.56 Å². The maximum Gasteiger partial charge on any atom is 0.161 e. The van der Waals surface area contributed by atoms with E-state index in [1.54, 1.807) is 27.5 Å². The summed E-state index contributed by atoms with van der Waals surface area (Å²) >= 11 is 0. The fourth-order valence-electron chi connectivity index (χ4n) is 1.07. The number of hydrogen-bond acceptors (Lipinski definition) is 4. The van der Waals surface area contributed by atoms with Gasteiger partial charge in [0.05, 0.1) is 20.4 Å². The normalized spacial score (nSPS) is 10.2. The van der Waals surface area contributed by atoms with E-state index in [9.17, 15) is 0 Å². The van der Waals surface area contributed by atoms with E-state index >= 15 is 0 Å². The van der Waals surface area contributed by atoms with Gasteiger partial charge in [-0.05, 0) is 23.8 Å². The first-order valence-corrected chi connectivity index (χ1v) is 4.23. The topological polar surface area (TPSA) is 42.9 Å². The molecule has 76 valence electrons. The highest BCUT2D eigenvalue weighted by atomic mass is 16.5. The fraction of sp³-hybridized carbons (Fsp3) is 0.300. The third-order valence-electron chi connectivity index (χ3n) is 1.75. The second-order valence-electron chi connectivity index (χ2n) is 2.60. The molecule has 0 saturated heterocycles. The molecule has 1 aromatic rings. The van der Waals surface area contributed by atoms with Crippen LogP contribution >= 0.6 is 0 Å². The molecule has 4 heteroatoms. The van der Waals surface area contributed by atoms with E-state index in [-0.39, 0.29) is 0 Å². The molecular weight excluding hydrogens is 180 g/mol. The summed E-state index contributed by atoms with van der Waals surface area (Å²) in [5.41, 5.74) is 3.64. The Balaban J connectivity index is 2.95. The Hall–Kier alpha value is -1.71. The first kappa shape index (κ1) is 10.4. The van der Waals surface area contributed by atoms with Crippen LogP contribution in [-0.4, -0.2) is 27.5 Å². The molecule has 14 heavy (non-hydrogen) atoms. The minimum Gasteiger partial charge on any atom is -0.493 e. The van der Waals surface area contributed by atoms with Gasteiger partial charge in [-0.25, -0.2) is 0 Å². The van der Waals surface area contributed by atoms with Crippen molar-refractivity contribution < 1.29 is 9.47 Å². The van der Waals surface area contributed by atoms with Gasteiger partial charge in [0.1, 0.15) is 0 Å². The maximum atomic E-state index is 5.15. The molecule has 0 aliphatic rings. The molecule has 0 unspecified atom stereocenters. The molecule has 0 bridgehead atoms. The van der Waals surface area contributed by atoms with Crippen LogP contribution in [0.5, 0.6) is 11.5 Å². The van der Waals surface area contributed by atoms with E-state index in [4.69, 9.17) is 9.47 Å². The first-order chi connectivity index (χ1) is 6.81. The van der Waals surface area contributed by atoms with E-state index in [1.165, 1.54) is 0 Å². The Morgan fingerprint density at radius 2 is 1.93 bits per heavy atom. The highest BCUT2D eigenvalue weighted by Gasteiger charge is 2.02. The molecule has 0 saturated carbocycles. The zero-order valence-corrected chi connectivity index (χ0v) is 8.57. The van der Waals surface area contributed by atoms with Gasteiger partial charge in [0.25, 0.3) is 0 Å². The lowest BCUT2D eigenvalue weighted by Gasteiger charge is -2.07. The number of hydrazone groups is 1. The van der Waals surface area contributed by atoms with Crippen LogP contribution in [0, 0.1) is 0 Å². The molecule has 1 N–H and O–H groups in total. The SMILES string of the molecule is CN/N=C/c1ccc(OC)c(OC)c1. The van der Waals surface area contributed by atoms with Crippen LogP contribution in [0.15, 0.2) is 23.3 Å². The highest BCUT2D eigenvalue weighted by molar-refractivity contribution is 5.80. The average Bonchev–Trinajstić information content (AvgIpc) is 2.25. The maximum absolute atomic E-state index is 5.15. The first-order valence-electron chi connectivity index (χ1n) is 4.23. The Morgan fingerprint density at radius 1 is 1.21 bits per heavy atom. The van der Waals surface area contributed by atoms with Gasteiger partial charge in [0, 0.05) is 7.05 Å². The summed E-state index contributed by atoms with van der Waals surface area (Å²) in [4.78, 5) is 0. The second kappa shape index (κ2) is 5.11. The molecule has 4 nitrogen and oxygen atoms in total. The molecule has 0 aliphatic carbocycles. The molecule has 0 aliphatic heterocycles. The molecule has 0 spiro atoms. The van der Waals surface area contributed by atoms with Crippen molar-refractivity contribution >= 4 is 6.21 Å². The lowest BCUT2D eigenvalue weighted by Crippen LogP contribution is -1.96. The van der Waals surface area contributed by atoms with Crippen molar-refractivity contribution in [1.29, 1.82) is 0 Å². The van der Waals surface area contributed by atoms with Gasteiger partial charge in [-0.2, -0.15) is 5.10 Å². The molecule has 0 radical (unpaired) electrons. The number of nitrogens with zero attached hydrogens (tertiary/aromatic N) is 1. The van der Waals surface area contributed by atoms with Crippen molar-refractivity contribution in [2.45, 2.75) is 0 Å². The van der Waals surface area contributed by atoms with Crippen LogP contribution in [0.1, 0.15) is 5.56 Å². The summed E-state index contributed by atoms with van der Waals surface area (Å²) < 4.78 is 10.3. The fourth-order valence-corrected chi connectivity index (χ4v) is 1.07. The molecule has 0 aromatic heterocycles. The predicted octanol–water partition coefficient (Wildman–Crippen LogP) is 1.26. The number of benzene rings is 1. The predicted molar refractivity (Wildman–Crippen MR) is 56.2 cm³/mol. The van der Waals surface area contributed by atoms with E-state index < -0.39 is 0 Å². The second-order valence-corrected chi connectivity index (χ2v) is 2.60. The minimum atomic E-state index is 0.701. The van der Waals surface area contributed by atoms with Gasteiger partial charge in [0.15, 0.2) is 11.5 Å². The number of nitrogens with one attached hydrogen (secondary N) is 1. The number of hydrogen-bond donors (Lipinski definition) is 1. The van der Waals surface area contributed by atoms with Gasteiger partial charge in [-0.3, -0.25) is 0 Å². The van der Waals surface area contributed by atoms with Crippen molar-refractivity contribution in [1.82, 2.24) is 5.43 Å². The summed E-state index contributed by atoms with van der Waals surface area (Å²) in [7, 11) is 4.97. The van der Waals surface area contributed by atoms with Crippen molar-refractivity contribution in [3.63, 3.8) is 0 Å². The third kappa shape index (κ3) is 2.39. The highest BCUT2D eigenvalue weighted by Crippen LogP contribution is 2.26. The van der Waals surface area contributed by atoms with Crippen molar-refractivity contribution in [3.8, 4) is 11.5 Å². The minimum absolute atomic E-state index is 0.701. The van der Waals surface area contributed by atoms with Crippen molar-refractivity contribution in [2.24, 2.45) is 5.10 Å². The van der Waals surface area contributed by atoms with Crippen molar-refractivity contribution in [2.75, 3.05) is 21.3 Å². The summed E-state index contributed by atoms with van der Waals surface area (Å²) in [5, 5.41) is 3.90. The third-order valence-corrected chi connectivity index (χ3v) is 1.75. The molecule has 1 aromatic carbocycles. The quantitative estimate of drug-likeness (QED) is 0.579. The lowest BCUT2D eigenvalue weighted by atomic mass is 10.2. The molecule has 0 fully saturated rings. The van der Waals surface area contributed by atoms with Crippen LogP contribution in [0.25, 0.3) is 0 Å². The van der Waals surface area contributed by atoms with E-state index in [1.807, 2.05) is 18.2 Å². The summed E-state index contributed by atoms with van der Waals surface area (Å²) in [5.74, 6) is 1.42. The zero-order chi connectivity index (χ0) is 10.4. The van der Waals surface area contributed by atoms with Crippen LogP contribution in [0.4, 0.5) is 0 Å². The zero-order valence-electron chi connectivity index (χ0n) is 8.57. The van der Waals surface area contributed by atoms with Crippen LogP contribution in [0.2, 0.25) is 0 Å². The van der Waals surface area contributed by atoms with Gasteiger partial charge in [-0.1, -0.05) is 0 Å². The number of ether oxygens (including phenoxy) is 2. The van der Waals surface area contributed by atoms with Crippen LogP contribution in [-0.2, 0) is 0 Å². The van der Waals surface area contributed by atoms with Gasteiger partial charge >= 0.3 is 0 Å². The van der Waals surface area contributed by atoms with Crippen LogP contribution in [0.3, 0.4) is 0 Å². The van der Waals surface area contributed by atoms with E-state index in [0.29, 0.717) is 11.5 Å². The summed E-state index contributed by atoms with van der Waals surface area (Å²) in [6.45, 7) is 0. The molecular formula is C10H14N2O2. The summed E-state index contributed by atoms with van der Waals surface area (Å²) in [6, 6.07) is 5.61. The van der Waals surface area contributed by atoms with Crippen LogP contribution < -0.4 is 14.9 Å². The number of rotatable bonds is 4. The largest absolute Gasteiger partial charge is 0.493 e. The Kier molecular flexibility index (Phi) is 3.79. The standard InChI is InChI=1S/C10H14N2O2/c1-11-12-7-8-4-5-9(13-2)10(6-8)14-3/h4-7,11H,1-3H3/b12-7+. The smallest absolute Gasteiger partial charge is 0.161 e. The van der Waals surface area contributed by atoms with E-state index in [2.05, 4.69) is 10.5 Å². The molecule has 1 rings (SSSR count). The van der Waals surface area contributed by atoms with Crippen molar-refractivity contribution in [3.05, 3.63) is 23.8 Å². The number of methoxy groups -OCH3 is 2. The lowest BCUT2D eigenvalue weighted by molar-refractivity contribution is 0.355. The molecule has 0 amide bonds. The average molecular weight is 194 g/mol. The molecule has 0 atom stereocenters. The van der Waals surface area contributed by atoms with Gasteiger partial charge < -0.3 is 14.9 Å². The monoisotopic (exact) mass is 194 g/mol. The van der Waals surface area contributed by atoms with Gasteiger partial charge in [0.2, 0.25) is 0 Å². The Morgan fingerprint density at radius 3 is 2.50 bits per heavy atom. The Bertz CT molecular complexity index is 324. The van der Waals surface area contributed by atoms with Gasteiger partial charge in [-0.15, -0.1) is 0 Å². The summed E-state index contributed by atoms with van der Waals surface area (Å²) in [6.07, 6.45) is 1.71.